The van der Waals surface area contributed by atoms with E-state index in [9.17, 15) is 9.59 Å². The Labute approximate surface area is 268 Å². The number of rotatable bonds is 9. The summed E-state index contributed by atoms with van der Waals surface area (Å²) in [6, 6.07) is 1.07. The normalized spacial score (nSPS) is 38.4. The van der Waals surface area contributed by atoms with Gasteiger partial charge in [-0.25, -0.2) is 14.3 Å². The molecule has 242 valence electrons. The largest absolute Gasteiger partial charge is 0.450 e. The predicted molar refractivity (Wildman–Crippen MR) is 165 cm³/mol. The number of hydrogen-bond donors (Lipinski definition) is 0. The molecule has 1 aromatic rings. The molecule has 2 aliphatic carbocycles. The maximum absolute atomic E-state index is 12.4. The van der Waals surface area contributed by atoms with Gasteiger partial charge in [0.1, 0.15) is 17.0 Å². The molecule has 2 saturated carbocycles. The fourth-order valence-electron chi connectivity index (χ4n) is 10.0. The minimum absolute atomic E-state index is 0.134. The lowest BCUT2D eigenvalue weighted by Gasteiger charge is -2.38. The number of ether oxygens (including phenoxy) is 2. The summed E-state index contributed by atoms with van der Waals surface area (Å²) in [5, 5.41) is 18.1. The molecule has 8 aliphatic rings. The van der Waals surface area contributed by atoms with Crippen molar-refractivity contribution >= 4 is 18.2 Å². The quantitative estimate of drug-likeness (QED) is 0.231. The standard InChI is InChI=1S/C34H43N8O4/c1-2-3-5-10-39-21-33-16-29(39)27(13-23(33)14-31(43)45-33)42-20-26(36-38-42)9-8-25-19-40(37-35-25)18-22-12-24-15-32(44)46-34(24)17-28(22)41-11-6-4-7-30(34)41/h14-15,18-20,22,27-30H,2-13,16-17,21H2,1H3/q+1/b40-18-/t22?,27-,28+,29+,30-,33-,34+/m1/s1. The van der Waals surface area contributed by atoms with E-state index in [4.69, 9.17) is 9.47 Å². The SMILES string of the molecule is CCCCCN1C[C@]23C[C@H]1[C@H](n1cc(CCC4=C/[N+](=C/C5CC6=CC(=O)O[C@@]67C[C@@H]5N5CCCC[C@@H]57)N=N4)nn1)CC2=CC(=O)O3. The van der Waals surface area contributed by atoms with Crippen LogP contribution in [0.25, 0.3) is 0 Å². The first-order valence-corrected chi connectivity index (χ1v) is 17.5. The number of unbranched alkanes of at least 4 members (excludes halogenated alkanes) is 2. The van der Waals surface area contributed by atoms with Crippen molar-refractivity contribution in [3.8, 4) is 0 Å². The number of carbonyl (C=O) groups is 2. The predicted octanol–water partition coefficient (Wildman–Crippen LogP) is 3.82. The van der Waals surface area contributed by atoms with Crippen molar-refractivity contribution in [2.75, 3.05) is 19.6 Å². The van der Waals surface area contributed by atoms with Gasteiger partial charge < -0.3 is 9.47 Å². The Bertz CT molecular complexity index is 1630. The molecule has 0 N–H and O–H groups in total. The molecule has 6 aliphatic heterocycles. The minimum Gasteiger partial charge on any atom is -0.450 e. The van der Waals surface area contributed by atoms with Gasteiger partial charge in [0.05, 0.1) is 22.9 Å². The van der Waals surface area contributed by atoms with E-state index in [2.05, 4.69) is 49.8 Å². The third kappa shape index (κ3) is 4.50. The van der Waals surface area contributed by atoms with Crippen molar-refractivity contribution in [2.24, 2.45) is 16.3 Å². The molecule has 7 atom stereocenters. The number of aryl methyl sites for hydroxylation is 1. The first kappa shape index (κ1) is 28.7. The van der Waals surface area contributed by atoms with Gasteiger partial charge in [-0.15, -0.1) is 9.78 Å². The van der Waals surface area contributed by atoms with Gasteiger partial charge in [0.25, 0.3) is 0 Å². The van der Waals surface area contributed by atoms with E-state index in [0.29, 0.717) is 12.1 Å². The second-order valence-corrected chi connectivity index (χ2v) is 14.7. The van der Waals surface area contributed by atoms with Crippen LogP contribution in [0.4, 0.5) is 0 Å². The third-order valence-electron chi connectivity index (χ3n) is 12.1. The number of nitrogens with zero attached hydrogens (tertiary/aromatic N) is 8. The zero-order valence-corrected chi connectivity index (χ0v) is 26.6. The van der Waals surface area contributed by atoms with Gasteiger partial charge in [0, 0.05) is 68.6 Å². The zero-order chi connectivity index (χ0) is 31.0. The summed E-state index contributed by atoms with van der Waals surface area (Å²) in [5.74, 6) is -0.121. The summed E-state index contributed by atoms with van der Waals surface area (Å²) in [6.07, 6.45) is 21.6. The van der Waals surface area contributed by atoms with Crippen molar-refractivity contribution < 1.29 is 23.7 Å². The van der Waals surface area contributed by atoms with Crippen LogP contribution in [0.1, 0.15) is 89.3 Å². The number of carbonyl (C=O) groups excluding carboxylic acids is 2. The highest BCUT2D eigenvalue weighted by molar-refractivity contribution is 5.88. The van der Waals surface area contributed by atoms with E-state index < -0.39 is 11.2 Å². The summed E-state index contributed by atoms with van der Waals surface area (Å²) in [5.41, 5.74) is 3.29. The lowest BCUT2D eigenvalue weighted by atomic mass is 9.73. The Morgan fingerprint density at radius 1 is 1.02 bits per heavy atom. The number of fused-ring (bicyclic) bond motifs is 4. The highest BCUT2D eigenvalue weighted by Crippen LogP contribution is 2.55. The van der Waals surface area contributed by atoms with Gasteiger partial charge in [-0.2, -0.15) is 0 Å². The van der Waals surface area contributed by atoms with Crippen LogP contribution >= 0.6 is 0 Å². The number of piperidine rings is 1. The van der Waals surface area contributed by atoms with E-state index in [1.165, 1.54) is 31.3 Å². The average Bonchev–Trinajstić information content (AvgIpc) is 3.88. The van der Waals surface area contributed by atoms with Crippen LogP contribution in [0.15, 0.2) is 51.7 Å². The molecule has 5 fully saturated rings. The molecule has 1 aromatic heterocycles. The fraction of sp³-hybridized carbons (Fsp3) is 0.676. The van der Waals surface area contributed by atoms with E-state index in [0.717, 1.165) is 88.0 Å². The molecular formula is C34H43N8O4+. The van der Waals surface area contributed by atoms with Crippen LogP contribution in [0, 0.1) is 5.92 Å². The number of hydrogen-bond acceptors (Lipinski definition) is 10. The molecule has 7 heterocycles. The second kappa shape index (κ2) is 10.8. The Hall–Kier alpha value is -3.51. The maximum Gasteiger partial charge on any atom is 0.331 e. The molecular weight excluding hydrogens is 584 g/mol. The number of esters is 2. The van der Waals surface area contributed by atoms with Crippen molar-refractivity contribution in [3.63, 3.8) is 0 Å². The zero-order valence-electron chi connectivity index (χ0n) is 26.6. The molecule has 0 amide bonds. The van der Waals surface area contributed by atoms with Gasteiger partial charge >= 0.3 is 11.9 Å². The molecule has 9 rings (SSSR count). The highest BCUT2D eigenvalue weighted by Gasteiger charge is 2.64. The Balaban J connectivity index is 0.875. The topological polar surface area (TPSA) is 118 Å². The molecule has 2 spiro atoms. The van der Waals surface area contributed by atoms with E-state index >= 15 is 0 Å². The van der Waals surface area contributed by atoms with E-state index in [-0.39, 0.29) is 29.9 Å². The Morgan fingerprint density at radius 3 is 2.83 bits per heavy atom. The molecule has 4 bridgehead atoms. The lowest BCUT2D eigenvalue weighted by molar-refractivity contribution is -0.462. The van der Waals surface area contributed by atoms with Crippen molar-refractivity contribution in [3.05, 3.63) is 47.1 Å². The van der Waals surface area contributed by atoms with Crippen LogP contribution in [-0.4, -0.2) is 96.6 Å². The highest BCUT2D eigenvalue weighted by atomic mass is 16.6. The number of allylic oxidation sites excluding steroid dienone is 1. The van der Waals surface area contributed by atoms with Crippen LogP contribution in [0.3, 0.4) is 0 Å². The number of likely N-dealkylation sites (tertiary alicyclic amines) is 1. The molecule has 12 heteroatoms. The Kier molecular flexibility index (Phi) is 6.71. The van der Waals surface area contributed by atoms with Gasteiger partial charge in [0.15, 0.2) is 11.8 Å². The second-order valence-electron chi connectivity index (χ2n) is 14.7. The van der Waals surface area contributed by atoms with Gasteiger partial charge in [-0.3, -0.25) is 9.80 Å². The first-order chi connectivity index (χ1) is 22.4. The summed E-state index contributed by atoms with van der Waals surface area (Å²) in [4.78, 5) is 29.8. The monoisotopic (exact) mass is 627 g/mol. The van der Waals surface area contributed by atoms with E-state index in [1.807, 2.05) is 15.6 Å². The first-order valence-electron chi connectivity index (χ1n) is 17.5. The minimum atomic E-state index is -0.441. The molecule has 12 nitrogen and oxygen atoms in total. The molecule has 46 heavy (non-hydrogen) atoms. The van der Waals surface area contributed by atoms with Crippen LogP contribution < -0.4 is 0 Å². The summed E-state index contributed by atoms with van der Waals surface area (Å²) >= 11 is 0. The number of aromatic nitrogens is 3. The van der Waals surface area contributed by atoms with Gasteiger partial charge in [-0.1, -0.05) is 31.4 Å². The molecule has 3 saturated heterocycles. The van der Waals surface area contributed by atoms with Crippen LogP contribution in [-0.2, 0) is 25.5 Å². The lowest BCUT2D eigenvalue weighted by Crippen LogP contribution is -2.48. The Morgan fingerprint density at radius 2 is 1.91 bits per heavy atom. The smallest absolute Gasteiger partial charge is 0.331 e. The summed E-state index contributed by atoms with van der Waals surface area (Å²) < 4.78 is 15.8. The molecule has 0 radical (unpaired) electrons. The van der Waals surface area contributed by atoms with Crippen LogP contribution in [0.2, 0.25) is 0 Å². The fourth-order valence-corrected chi connectivity index (χ4v) is 10.0. The summed E-state index contributed by atoms with van der Waals surface area (Å²) in [7, 11) is 0. The van der Waals surface area contributed by atoms with E-state index in [1.54, 1.807) is 12.2 Å². The van der Waals surface area contributed by atoms with Crippen molar-refractivity contribution in [2.45, 2.75) is 119 Å². The van der Waals surface area contributed by atoms with Gasteiger partial charge in [0.2, 0.25) is 5.70 Å². The average molecular weight is 628 g/mol. The van der Waals surface area contributed by atoms with Crippen LogP contribution in [0.5, 0.6) is 0 Å². The van der Waals surface area contributed by atoms with Crippen molar-refractivity contribution in [1.29, 1.82) is 0 Å². The molecule has 0 aromatic carbocycles. The summed E-state index contributed by atoms with van der Waals surface area (Å²) in [6.45, 7) is 5.09. The third-order valence-corrected chi connectivity index (χ3v) is 12.1. The van der Waals surface area contributed by atoms with Gasteiger partial charge in [-0.05, 0) is 56.3 Å². The van der Waals surface area contributed by atoms with Crippen molar-refractivity contribution in [1.82, 2.24) is 24.8 Å². The molecule has 1 unspecified atom stereocenters. The maximum atomic E-state index is 12.4.